The molecule has 0 aliphatic rings. The number of methoxy groups -OCH3 is 1. The Morgan fingerprint density at radius 3 is 2.37 bits per heavy atom. The molecule has 6 nitrogen and oxygen atoms in total. The Balaban J connectivity index is 0.000000277. The molecular formula is C23H33ClN4O2. The summed E-state index contributed by atoms with van der Waals surface area (Å²) in [5, 5.41) is 4.47. The molecule has 0 spiro atoms. The molecule has 0 fully saturated rings. The number of hydrogen-bond acceptors (Lipinski definition) is 5. The summed E-state index contributed by atoms with van der Waals surface area (Å²) in [6.45, 7) is 5.44. The van der Waals surface area contributed by atoms with E-state index in [1.165, 1.54) is 5.56 Å². The number of aldehydes is 1. The van der Waals surface area contributed by atoms with Gasteiger partial charge in [0.25, 0.3) is 0 Å². The molecule has 2 aromatic carbocycles. The van der Waals surface area contributed by atoms with Crippen LogP contribution in [0.1, 0.15) is 29.9 Å². The fourth-order valence-electron chi connectivity index (χ4n) is 2.83. The molecule has 1 heterocycles. The second kappa shape index (κ2) is 13.6. The first-order valence-corrected chi connectivity index (χ1v) is 10.3. The number of para-hydroxylation sites is 1. The van der Waals surface area contributed by atoms with E-state index in [1.807, 2.05) is 55.4 Å². The van der Waals surface area contributed by atoms with Gasteiger partial charge >= 0.3 is 0 Å². The van der Waals surface area contributed by atoms with Crippen molar-refractivity contribution in [3.05, 3.63) is 58.7 Å². The van der Waals surface area contributed by atoms with Crippen LogP contribution in [-0.2, 0) is 6.42 Å². The first-order valence-electron chi connectivity index (χ1n) is 9.92. The molecule has 30 heavy (non-hydrogen) atoms. The first-order chi connectivity index (χ1) is 14.5. The largest absolute Gasteiger partial charge is 0.493 e. The van der Waals surface area contributed by atoms with E-state index in [-0.39, 0.29) is 0 Å². The van der Waals surface area contributed by atoms with Crippen LogP contribution >= 0.6 is 11.6 Å². The highest BCUT2D eigenvalue weighted by molar-refractivity contribution is 6.32. The lowest BCUT2D eigenvalue weighted by Gasteiger charge is -2.24. The normalized spacial score (nSPS) is 9.83. The topological polar surface area (TPSA) is 83.4 Å². The molecule has 0 amide bonds. The zero-order chi connectivity index (χ0) is 22.5. The number of halogens is 1. The molecule has 0 aliphatic carbocycles. The number of nitrogens with two attached hydrogens (primary N) is 1. The van der Waals surface area contributed by atoms with Gasteiger partial charge in [0.15, 0.2) is 12.0 Å². The summed E-state index contributed by atoms with van der Waals surface area (Å²) in [6, 6.07) is 13.7. The first kappa shape index (κ1) is 25.5. The molecule has 3 aromatic rings. The fraction of sp³-hybridized carbons (Fsp3) is 0.348. The van der Waals surface area contributed by atoms with Gasteiger partial charge in [-0.1, -0.05) is 36.7 Å². The van der Waals surface area contributed by atoms with Crippen LogP contribution in [0.4, 0.5) is 5.69 Å². The number of aromatic amines is 1. The smallest absolute Gasteiger partial charge is 0.166 e. The van der Waals surface area contributed by atoms with E-state index in [9.17, 15) is 4.79 Å². The fourth-order valence-corrected chi connectivity index (χ4v) is 3.15. The van der Waals surface area contributed by atoms with Gasteiger partial charge in [0.2, 0.25) is 0 Å². The van der Waals surface area contributed by atoms with Crippen molar-refractivity contribution in [2.24, 2.45) is 5.73 Å². The summed E-state index contributed by atoms with van der Waals surface area (Å²) in [5.74, 6) is 0.700. The number of anilines is 1. The molecule has 0 unspecified atom stereocenters. The second-order valence-electron chi connectivity index (χ2n) is 6.45. The summed E-state index contributed by atoms with van der Waals surface area (Å²) in [5.41, 5.74) is 9.50. The average Bonchev–Trinajstić information content (AvgIpc) is 3.19. The third kappa shape index (κ3) is 7.06. The number of hydrogen-bond donors (Lipinski definition) is 3. The lowest BCUT2D eigenvalue weighted by Crippen LogP contribution is -2.30. The van der Waals surface area contributed by atoms with Gasteiger partial charge in [0, 0.05) is 17.4 Å². The monoisotopic (exact) mass is 432 g/mol. The third-order valence-electron chi connectivity index (χ3n) is 4.32. The highest BCUT2D eigenvalue weighted by atomic mass is 35.5. The quantitative estimate of drug-likeness (QED) is 0.395. The zero-order valence-corrected chi connectivity index (χ0v) is 19.2. The number of fused-ring (bicyclic) bond motifs is 1. The van der Waals surface area contributed by atoms with Gasteiger partial charge in [-0.3, -0.25) is 4.79 Å². The van der Waals surface area contributed by atoms with Crippen LogP contribution in [-0.4, -0.2) is 45.7 Å². The number of ether oxygens (including phenoxy) is 1. The van der Waals surface area contributed by atoms with Crippen LogP contribution in [0.3, 0.4) is 0 Å². The standard InChI is InChI=1S/C12H19ClN2O.C9H7NO.C2H7N/c1-4-9-6-10(13)12(16-3)11(7-9)15(5-2)8-14;11-6-8-5-7-3-1-2-4-9(7)10-8;1-3-2/h6-7H,4-5,8,14H2,1-3H3;1-6,10H;3H,1-2H3. The van der Waals surface area contributed by atoms with E-state index >= 15 is 0 Å². The number of nitrogens with zero attached hydrogens (tertiary/aromatic N) is 1. The highest BCUT2D eigenvalue weighted by Crippen LogP contribution is 2.36. The second-order valence-corrected chi connectivity index (χ2v) is 6.86. The number of H-pyrrole nitrogens is 1. The van der Waals surface area contributed by atoms with Crippen molar-refractivity contribution >= 4 is 34.5 Å². The number of benzene rings is 2. The maximum absolute atomic E-state index is 10.3. The molecule has 7 heteroatoms. The van der Waals surface area contributed by atoms with Gasteiger partial charge < -0.3 is 25.7 Å². The summed E-state index contributed by atoms with van der Waals surface area (Å²) >= 11 is 6.18. The van der Waals surface area contributed by atoms with Crippen molar-refractivity contribution in [2.75, 3.05) is 39.3 Å². The summed E-state index contributed by atoms with van der Waals surface area (Å²) < 4.78 is 5.33. The van der Waals surface area contributed by atoms with Crippen LogP contribution in [0.5, 0.6) is 5.75 Å². The molecule has 3 rings (SSSR count). The average molecular weight is 433 g/mol. The van der Waals surface area contributed by atoms with E-state index in [1.54, 1.807) is 7.11 Å². The molecule has 0 atom stereocenters. The van der Waals surface area contributed by atoms with Crippen molar-refractivity contribution in [1.82, 2.24) is 10.3 Å². The molecule has 164 valence electrons. The Morgan fingerprint density at radius 2 is 1.87 bits per heavy atom. The number of carbonyl (C=O) groups is 1. The maximum atomic E-state index is 10.3. The number of rotatable bonds is 6. The van der Waals surface area contributed by atoms with Crippen LogP contribution in [0.2, 0.25) is 5.02 Å². The van der Waals surface area contributed by atoms with Gasteiger partial charge in [0.1, 0.15) is 0 Å². The van der Waals surface area contributed by atoms with Crippen LogP contribution < -0.4 is 20.7 Å². The van der Waals surface area contributed by atoms with Crippen molar-refractivity contribution in [3.63, 3.8) is 0 Å². The van der Waals surface area contributed by atoms with Crippen molar-refractivity contribution < 1.29 is 9.53 Å². The zero-order valence-electron chi connectivity index (χ0n) is 18.5. The van der Waals surface area contributed by atoms with E-state index in [0.29, 0.717) is 23.1 Å². The summed E-state index contributed by atoms with van der Waals surface area (Å²) in [4.78, 5) is 15.4. The number of aromatic nitrogens is 1. The van der Waals surface area contributed by atoms with Crippen molar-refractivity contribution in [3.8, 4) is 5.75 Å². The van der Waals surface area contributed by atoms with E-state index in [0.717, 1.165) is 35.8 Å². The minimum absolute atomic E-state index is 0.455. The number of aryl methyl sites for hydroxylation is 1. The lowest BCUT2D eigenvalue weighted by atomic mass is 10.1. The van der Waals surface area contributed by atoms with Crippen LogP contribution in [0.15, 0.2) is 42.5 Å². The Morgan fingerprint density at radius 1 is 1.20 bits per heavy atom. The molecule has 0 saturated heterocycles. The molecule has 0 radical (unpaired) electrons. The third-order valence-corrected chi connectivity index (χ3v) is 4.60. The predicted molar refractivity (Wildman–Crippen MR) is 128 cm³/mol. The number of nitrogens with one attached hydrogen (secondary N) is 2. The van der Waals surface area contributed by atoms with Gasteiger partial charge in [0.05, 0.1) is 30.2 Å². The summed E-state index contributed by atoms with van der Waals surface area (Å²) in [7, 11) is 5.38. The SMILES string of the molecule is CCc1cc(Cl)c(OC)c(N(CC)CN)c1.CNC.O=Cc1cc2ccccc2[nH]1. The van der Waals surface area contributed by atoms with Gasteiger partial charge in [-0.25, -0.2) is 0 Å². The van der Waals surface area contributed by atoms with E-state index < -0.39 is 0 Å². The molecule has 0 aliphatic heterocycles. The van der Waals surface area contributed by atoms with Crippen LogP contribution in [0, 0.1) is 0 Å². The van der Waals surface area contributed by atoms with Crippen molar-refractivity contribution in [2.45, 2.75) is 20.3 Å². The van der Waals surface area contributed by atoms with Gasteiger partial charge in [-0.05, 0) is 57.3 Å². The Hall–Kier alpha value is -2.54. The summed E-state index contributed by atoms with van der Waals surface area (Å²) in [6.07, 6.45) is 1.76. The lowest BCUT2D eigenvalue weighted by molar-refractivity contribution is 0.112. The van der Waals surface area contributed by atoms with E-state index in [4.69, 9.17) is 22.1 Å². The molecule has 4 N–H and O–H groups in total. The molecule has 0 bridgehead atoms. The highest BCUT2D eigenvalue weighted by Gasteiger charge is 2.14. The number of carbonyl (C=O) groups excluding carboxylic acids is 1. The van der Waals surface area contributed by atoms with Crippen molar-refractivity contribution in [1.29, 1.82) is 0 Å². The molecule has 1 aromatic heterocycles. The Kier molecular flexibility index (Phi) is 11.6. The molecule has 0 saturated carbocycles. The Labute approximate surface area is 184 Å². The Bertz CT molecular complexity index is 874. The van der Waals surface area contributed by atoms with Gasteiger partial charge in [-0.15, -0.1) is 0 Å². The van der Waals surface area contributed by atoms with Gasteiger partial charge in [-0.2, -0.15) is 0 Å². The molecular weight excluding hydrogens is 400 g/mol. The minimum atomic E-state index is 0.455. The maximum Gasteiger partial charge on any atom is 0.166 e. The van der Waals surface area contributed by atoms with E-state index in [2.05, 4.69) is 30.2 Å². The predicted octanol–water partition coefficient (Wildman–Crippen LogP) is 4.47. The van der Waals surface area contributed by atoms with Crippen LogP contribution in [0.25, 0.3) is 10.9 Å². The minimum Gasteiger partial charge on any atom is -0.493 e.